The van der Waals surface area contributed by atoms with Crippen molar-refractivity contribution >= 4 is 34.1 Å². The fraction of sp³-hybridized carbons (Fsp3) is 0.750. The van der Waals surface area contributed by atoms with E-state index in [9.17, 15) is 0 Å². The number of nitrogens with zero attached hydrogens (tertiary/aromatic N) is 2. The molecule has 5 heteroatoms. The number of rotatable bonds is 6. The number of thioether (sulfide) groups is 1. The van der Waals surface area contributed by atoms with Crippen LogP contribution in [0, 0.1) is 11.8 Å². The molecule has 3 nitrogen and oxygen atoms in total. The van der Waals surface area contributed by atoms with E-state index in [2.05, 4.69) is 15.5 Å². The minimum absolute atomic E-state index is 0.717. The lowest BCUT2D eigenvalue weighted by molar-refractivity contribution is 0.680. The third kappa shape index (κ3) is 2.71. The van der Waals surface area contributed by atoms with Gasteiger partial charge in [-0.05, 0) is 55.3 Å². The first-order chi connectivity index (χ1) is 8.28. The molecule has 0 radical (unpaired) electrons. The highest BCUT2D eigenvalue weighted by Gasteiger charge is 2.31. The van der Waals surface area contributed by atoms with Crippen LogP contribution < -0.4 is 10.6 Å². The largest absolute Gasteiger partial charge is 0.382 e. The maximum atomic E-state index is 5.93. The highest BCUT2D eigenvalue weighted by Crippen LogP contribution is 2.42. The lowest BCUT2D eigenvalue weighted by Crippen LogP contribution is -2.27. The minimum Gasteiger partial charge on any atom is -0.382 e. The van der Waals surface area contributed by atoms with Gasteiger partial charge in [-0.25, -0.2) is 0 Å². The van der Waals surface area contributed by atoms with Gasteiger partial charge in [-0.1, -0.05) is 0 Å². The van der Waals surface area contributed by atoms with Gasteiger partial charge in [0, 0.05) is 13.1 Å². The van der Waals surface area contributed by atoms with Gasteiger partial charge in [0.1, 0.15) is 5.00 Å². The summed E-state index contributed by atoms with van der Waals surface area (Å²) in [4.78, 5) is 3.74. The standard InChI is InChI=1S/C12H19N3S2/c1-16-10-11(13)14-17-12(10)15(6-8-2-3-8)7-9-4-5-9/h8-9H,2-7H2,1H3,(H2,13,14). The SMILES string of the molecule is CSc1c(N)nsc1N(CC1CC1)CC1CC1. The summed E-state index contributed by atoms with van der Waals surface area (Å²) in [5.41, 5.74) is 5.93. The molecular formula is C12H19N3S2. The Morgan fingerprint density at radius 3 is 2.35 bits per heavy atom. The molecule has 17 heavy (non-hydrogen) atoms. The van der Waals surface area contributed by atoms with Crippen LogP contribution in [0.25, 0.3) is 0 Å². The maximum Gasteiger partial charge on any atom is 0.153 e. The zero-order valence-corrected chi connectivity index (χ0v) is 11.8. The molecule has 0 unspecified atom stereocenters. The molecule has 2 aliphatic rings. The van der Waals surface area contributed by atoms with Gasteiger partial charge in [0.25, 0.3) is 0 Å². The van der Waals surface area contributed by atoms with Crippen LogP contribution in [0.4, 0.5) is 10.8 Å². The molecule has 0 atom stereocenters. The molecule has 1 aromatic heterocycles. The van der Waals surface area contributed by atoms with Crippen LogP contribution in [-0.2, 0) is 0 Å². The molecule has 2 N–H and O–H groups in total. The molecule has 2 fully saturated rings. The smallest absolute Gasteiger partial charge is 0.153 e. The highest BCUT2D eigenvalue weighted by atomic mass is 32.2. The second-order valence-corrected chi connectivity index (χ2v) is 6.77. The number of nitrogens with two attached hydrogens (primary N) is 1. The Balaban J connectivity index is 1.78. The topological polar surface area (TPSA) is 42.1 Å². The third-order valence-electron chi connectivity index (χ3n) is 3.50. The van der Waals surface area contributed by atoms with Gasteiger partial charge >= 0.3 is 0 Å². The Hall–Kier alpha value is -0.420. The van der Waals surface area contributed by atoms with Crippen molar-refractivity contribution in [2.24, 2.45) is 11.8 Å². The molecule has 0 aliphatic heterocycles. The number of anilines is 2. The van der Waals surface area contributed by atoms with Gasteiger partial charge in [-0.2, -0.15) is 4.37 Å². The van der Waals surface area contributed by atoms with E-state index in [4.69, 9.17) is 5.73 Å². The van der Waals surface area contributed by atoms with E-state index < -0.39 is 0 Å². The first-order valence-corrected chi connectivity index (χ1v) is 8.32. The monoisotopic (exact) mass is 269 g/mol. The fourth-order valence-electron chi connectivity index (χ4n) is 2.14. The molecule has 2 saturated carbocycles. The normalized spacial score (nSPS) is 19.6. The molecule has 0 spiro atoms. The molecule has 1 aromatic rings. The van der Waals surface area contributed by atoms with Crippen LogP contribution in [0.2, 0.25) is 0 Å². The second-order valence-electron chi connectivity index (χ2n) is 5.20. The molecule has 0 saturated heterocycles. The van der Waals surface area contributed by atoms with Gasteiger partial charge in [0.05, 0.1) is 4.90 Å². The lowest BCUT2D eigenvalue weighted by atomic mass is 10.3. The molecule has 1 heterocycles. The van der Waals surface area contributed by atoms with Crippen LogP contribution in [0.5, 0.6) is 0 Å². The van der Waals surface area contributed by atoms with Crippen LogP contribution >= 0.6 is 23.3 Å². The Morgan fingerprint density at radius 1 is 1.29 bits per heavy atom. The quantitative estimate of drug-likeness (QED) is 0.806. The number of aromatic nitrogens is 1. The summed E-state index contributed by atoms with van der Waals surface area (Å²) in [7, 11) is 0. The number of hydrogen-bond acceptors (Lipinski definition) is 5. The van der Waals surface area contributed by atoms with Crippen molar-refractivity contribution in [1.29, 1.82) is 0 Å². The van der Waals surface area contributed by atoms with Crippen molar-refractivity contribution in [3.8, 4) is 0 Å². The summed E-state index contributed by atoms with van der Waals surface area (Å²) in [5.74, 6) is 2.56. The fourth-order valence-corrected chi connectivity index (χ4v) is 3.85. The van der Waals surface area contributed by atoms with Crippen molar-refractivity contribution in [2.45, 2.75) is 30.6 Å². The number of hydrogen-bond donors (Lipinski definition) is 1. The molecule has 0 amide bonds. The van der Waals surface area contributed by atoms with E-state index in [1.807, 2.05) is 0 Å². The molecule has 0 bridgehead atoms. The van der Waals surface area contributed by atoms with Gasteiger partial charge in [-0.15, -0.1) is 11.8 Å². The van der Waals surface area contributed by atoms with Gasteiger partial charge in [0.15, 0.2) is 5.82 Å². The van der Waals surface area contributed by atoms with Gasteiger partial charge in [-0.3, -0.25) is 0 Å². The summed E-state index contributed by atoms with van der Waals surface area (Å²) in [6, 6.07) is 0. The van der Waals surface area contributed by atoms with Crippen LogP contribution in [0.15, 0.2) is 4.90 Å². The van der Waals surface area contributed by atoms with Crippen molar-refractivity contribution in [1.82, 2.24) is 4.37 Å². The van der Waals surface area contributed by atoms with E-state index in [1.165, 1.54) is 48.7 Å². The van der Waals surface area contributed by atoms with Crippen molar-refractivity contribution in [2.75, 3.05) is 30.0 Å². The van der Waals surface area contributed by atoms with E-state index >= 15 is 0 Å². The van der Waals surface area contributed by atoms with E-state index in [-0.39, 0.29) is 0 Å². The maximum absolute atomic E-state index is 5.93. The predicted molar refractivity (Wildman–Crippen MR) is 76.0 cm³/mol. The average molecular weight is 269 g/mol. The average Bonchev–Trinajstić information content (AvgIpc) is 3.21. The zero-order chi connectivity index (χ0) is 11.8. The summed E-state index contributed by atoms with van der Waals surface area (Å²) >= 11 is 3.31. The van der Waals surface area contributed by atoms with Gasteiger partial charge in [0.2, 0.25) is 0 Å². The van der Waals surface area contributed by atoms with E-state index in [0.29, 0.717) is 5.82 Å². The van der Waals surface area contributed by atoms with Crippen molar-refractivity contribution in [3.05, 3.63) is 0 Å². The predicted octanol–water partition coefficient (Wildman–Crippen LogP) is 3.07. The third-order valence-corrected chi connectivity index (χ3v) is 5.36. The molecular weight excluding hydrogens is 250 g/mol. The Morgan fingerprint density at radius 2 is 1.88 bits per heavy atom. The molecule has 2 aliphatic carbocycles. The Bertz CT molecular complexity index is 382. The van der Waals surface area contributed by atoms with Crippen molar-refractivity contribution < 1.29 is 0 Å². The first kappa shape index (κ1) is 11.7. The molecule has 94 valence electrons. The van der Waals surface area contributed by atoms with Crippen LogP contribution in [-0.4, -0.2) is 23.7 Å². The van der Waals surface area contributed by atoms with E-state index in [0.717, 1.165) is 11.8 Å². The van der Waals surface area contributed by atoms with Crippen LogP contribution in [0.3, 0.4) is 0 Å². The minimum atomic E-state index is 0.717. The first-order valence-electron chi connectivity index (χ1n) is 6.32. The Labute approximate surface area is 111 Å². The van der Waals surface area contributed by atoms with Crippen LogP contribution in [0.1, 0.15) is 25.7 Å². The van der Waals surface area contributed by atoms with E-state index in [1.54, 1.807) is 23.3 Å². The zero-order valence-electron chi connectivity index (χ0n) is 10.2. The Kier molecular flexibility index (Phi) is 3.21. The van der Waals surface area contributed by atoms with Crippen molar-refractivity contribution in [3.63, 3.8) is 0 Å². The highest BCUT2D eigenvalue weighted by molar-refractivity contribution is 7.99. The summed E-state index contributed by atoms with van der Waals surface area (Å²) in [6.07, 6.45) is 7.72. The van der Waals surface area contributed by atoms with Gasteiger partial charge < -0.3 is 10.6 Å². The summed E-state index contributed by atoms with van der Waals surface area (Å²) in [5, 5.41) is 1.31. The second kappa shape index (κ2) is 4.69. The summed E-state index contributed by atoms with van der Waals surface area (Å²) < 4.78 is 4.32. The molecule has 3 rings (SSSR count). The molecule has 0 aromatic carbocycles. The number of nitrogen functional groups attached to an aromatic ring is 1. The summed E-state index contributed by atoms with van der Waals surface area (Å²) in [6.45, 7) is 2.43. The lowest BCUT2D eigenvalue weighted by Gasteiger charge is -2.23.